The zero-order valence-corrected chi connectivity index (χ0v) is 11.9. The van der Waals surface area contributed by atoms with Crippen molar-refractivity contribution in [3.05, 3.63) is 29.6 Å². The van der Waals surface area contributed by atoms with Gasteiger partial charge in [-0.2, -0.15) is 0 Å². The maximum atomic E-state index is 13.3. The minimum Gasteiger partial charge on any atom is -0.396 e. The van der Waals surface area contributed by atoms with Crippen molar-refractivity contribution in [2.45, 2.75) is 31.7 Å². The second-order valence-corrected chi connectivity index (χ2v) is 5.38. The molecule has 3 N–H and O–H groups in total. The summed E-state index contributed by atoms with van der Waals surface area (Å²) in [7, 11) is 2.08. The molecule has 0 radical (unpaired) electrons. The first kappa shape index (κ1) is 14.8. The molecule has 1 aromatic rings. The molecule has 0 spiro atoms. The Morgan fingerprint density at radius 1 is 1.45 bits per heavy atom. The number of amides is 1. The number of carbonyl (C=O) groups excluding carboxylic acids is 1. The number of likely N-dealkylation sites (N-methyl/N-ethyl adjacent to an activating group) is 1. The number of carbonyl (C=O) groups is 1. The van der Waals surface area contributed by atoms with Gasteiger partial charge in [-0.05, 0) is 32.0 Å². The lowest BCUT2D eigenvalue weighted by atomic mass is 10.1. The summed E-state index contributed by atoms with van der Waals surface area (Å²) in [5.41, 5.74) is 5.68. The second kappa shape index (κ2) is 6.70. The fraction of sp³-hybridized carbons (Fsp3) is 0.533. The maximum absolute atomic E-state index is 13.3. The zero-order valence-electron chi connectivity index (χ0n) is 11.9. The van der Waals surface area contributed by atoms with E-state index in [1.54, 1.807) is 0 Å². The van der Waals surface area contributed by atoms with E-state index in [-0.39, 0.29) is 17.2 Å². The summed E-state index contributed by atoms with van der Waals surface area (Å²) in [6, 6.07) is 4.91. The first-order valence-corrected chi connectivity index (χ1v) is 7.12. The van der Waals surface area contributed by atoms with Gasteiger partial charge in [0.15, 0.2) is 0 Å². The number of nitrogens with two attached hydrogens (primary N) is 1. The van der Waals surface area contributed by atoms with Crippen LogP contribution in [-0.2, 0) is 0 Å². The van der Waals surface area contributed by atoms with Crippen LogP contribution in [-0.4, -0.2) is 37.0 Å². The van der Waals surface area contributed by atoms with Gasteiger partial charge in [-0.15, -0.1) is 0 Å². The van der Waals surface area contributed by atoms with Crippen LogP contribution in [0, 0.1) is 5.82 Å². The average Bonchev–Trinajstić information content (AvgIpc) is 2.95. The van der Waals surface area contributed by atoms with Crippen LogP contribution in [0.15, 0.2) is 18.2 Å². The molecule has 20 heavy (non-hydrogen) atoms. The molecule has 1 saturated carbocycles. The number of halogens is 1. The lowest BCUT2D eigenvalue weighted by molar-refractivity contribution is 0.0947. The maximum Gasteiger partial charge on any atom is 0.253 e. The molecular formula is C15H22FN3O. The normalized spacial score (nSPS) is 15.8. The fourth-order valence-corrected chi connectivity index (χ4v) is 2.70. The van der Waals surface area contributed by atoms with Crippen LogP contribution in [0.5, 0.6) is 0 Å². The number of para-hydroxylation sites is 1. The van der Waals surface area contributed by atoms with Gasteiger partial charge in [-0.3, -0.25) is 4.79 Å². The average molecular weight is 279 g/mol. The molecule has 0 aromatic heterocycles. The number of anilines is 1. The van der Waals surface area contributed by atoms with E-state index in [0.29, 0.717) is 12.6 Å². The molecule has 0 heterocycles. The number of hydrogen-bond donors (Lipinski definition) is 2. The third kappa shape index (κ3) is 3.48. The van der Waals surface area contributed by atoms with Crippen molar-refractivity contribution in [3.8, 4) is 0 Å². The SMILES string of the molecule is CN(CCNC(=O)c1cccc(F)c1N)C1CCCC1. The fourth-order valence-electron chi connectivity index (χ4n) is 2.70. The van der Waals surface area contributed by atoms with Crippen molar-refractivity contribution in [2.75, 3.05) is 25.9 Å². The van der Waals surface area contributed by atoms with Crippen LogP contribution in [0.2, 0.25) is 0 Å². The van der Waals surface area contributed by atoms with Gasteiger partial charge in [0.05, 0.1) is 11.3 Å². The number of nitrogen functional groups attached to an aromatic ring is 1. The Labute approximate surface area is 119 Å². The van der Waals surface area contributed by atoms with Crippen molar-refractivity contribution in [1.29, 1.82) is 0 Å². The summed E-state index contributed by atoms with van der Waals surface area (Å²) >= 11 is 0. The molecule has 0 atom stereocenters. The largest absolute Gasteiger partial charge is 0.396 e. The molecule has 4 nitrogen and oxygen atoms in total. The van der Waals surface area contributed by atoms with Crippen molar-refractivity contribution >= 4 is 11.6 Å². The van der Waals surface area contributed by atoms with Crippen LogP contribution < -0.4 is 11.1 Å². The Hall–Kier alpha value is -1.62. The first-order chi connectivity index (χ1) is 9.59. The summed E-state index contributed by atoms with van der Waals surface area (Å²) in [5.74, 6) is -0.873. The van der Waals surface area contributed by atoms with E-state index in [2.05, 4.69) is 17.3 Å². The van der Waals surface area contributed by atoms with Crippen molar-refractivity contribution in [2.24, 2.45) is 0 Å². The van der Waals surface area contributed by atoms with E-state index in [1.165, 1.54) is 43.9 Å². The van der Waals surface area contributed by atoms with E-state index < -0.39 is 5.82 Å². The van der Waals surface area contributed by atoms with E-state index in [9.17, 15) is 9.18 Å². The van der Waals surface area contributed by atoms with Crippen LogP contribution in [0.3, 0.4) is 0 Å². The predicted molar refractivity (Wildman–Crippen MR) is 78.0 cm³/mol. The molecule has 0 bridgehead atoms. The quantitative estimate of drug-likeness (QED) is 0.811. The summed E-state index contributed by atoms with van der Waals surface area (Å²) in [6.07, 6.45) is 5.06. The lowest BCUT2D eigenvalue weighted by Crippen LogP contribution is -2.37. The number of benzene rings is 1. The molecule has 110 valence electrons. The van der Waals surface area contributed by atoms with E-state index in [4.69, 9.17) is 5.73 Å². The number of hydrogen-bond acceptors (Lipinski definition) is 3. The molecule has 0 aliphatic heterocycles. The topological polar surface area (TPSA) is 58.4 Å². The first-order valence-electron chi connectivity index (χ1n) is 7.12. The molecule has 5 heteroatoms. The van der Waals surface area contributed by atoms with Gasteiger partial charge < -0.3 is 16.0 Å². The monoisotopic (exact) mass is 279 g/mol. The molecule has 1 amide bonds. The highest BCUT2D eigenvalue weighted by Crippen LogP contribution is 2.21. The number of rotatable bonds is 5. The summed E-state index contributed by atoms with van der Waals surface area (Å²) < 4.78 is 13.3. The molecule has 0 saturated heterocycles. The van der Waals surface area contributed by atoms with Crippen molar-refractivity contribution in [1.82, 2.24) is 10.2 Å². The molecule has 1 aliphatic carbocycles. The Bertz CT molecular complexity index is 472. The van der Waals surface area contributed by atoms with E-state index in [1.807, 2.05) is 0 Å². The zero-order chi connectivity index (χ0) is 14.5. The molecule has 1 aromatic carbocycles. The summed E-state index contributed by atoms with van der Waals surface area (Å²) in [6.45, 7) is 1.34. The molecule has 1 aliphatic rings. The van der Waals surface area contributed by atoms with E-state index in [0.717, 1.165) is 6.54 Å². The summed E-state index contributed by atoms with van der Waals surface area (Å²) in [5, 5.41) is 2.79. The molecular weight excluding hydrogens is 257 g/mol. The predicted octanol–water partition coefficient (Wildman–Crippen LogP) is 2.01. The molecule has 0 unspecified atom stereocenters. The van der Waals surface area contributed by atoms with Gasteiger partial charge >= 0.3 is 0 Å². The van der Waals surface area contributed by atoms with Gasteiger partial charge in [0, 0.05) is 19.1 Å². The van der Waals surface area contributed by atoms with Gasteiger partial charge in [0.2, 0.25) is 0 Å². The Morgan fingerprint density at radius 2 is 2.15 bits per heavy atom. The van der Waals surface area contributed by atoms with Crippen LogP contribution in [0.1, 0.15) is 36.0 Å². The van der Waals surface area contributed by atoms with Crippen LogP contribution >= 0.6 is 0 Å². The van der Waals surface area contributed by atoms with Crippen molar-refractivity contribution < 1.29 is 9.18 Å². The highest BCUT2D eigenvalue weighted by atomic mass is 19.1. The second-order valence-electron chi connectivity index (χ2n) is 5.38. The number of nitrogens with zero attached hydrogens (tertiary/aromatic N) is 1. The highest BCUT2D eigenvalue weighted by Gasteiger charge is 2.19. The van der Waals surface area contributed by atoms with Gasteiger partial charge in [0.25, 0.3) is 5.91 Å². The molecule has 1 fully saturated rings. The number of nitrogens with one attached hydrogen (secondary N) is 1. The van der Waals surface area contributed by atoms with Crippen molar-refractivity contribution in [3.63, 3.8) is 0 Å². The summed E-state index contributed by atoms with van der Waals surface area (Å²) in [4.78, 5) is 14.2. The Morgan fingerprint density at radius 3 is 2.85 bits per heavy atom. The van der Waals surface area contributed by atoms with Crippen LogP contribution in [0.25, 0.3) is 0 Å². The Kier molecular flexibility index (Phi) is 4.95. The Balaban J connectivity index is 1.81. The minimum absolute atomic E-state index is 0.0888. The van der Waals surface area contributed by atoms with Gasteiger partial charge in [-0.25, -0.2) is 4.39 Å². The standard InChI is InChI=1S/C15H22FN3O/c1-19(11-5-2-3-6-11)10-9-18-15(20)12-7-4-8-13(16)14(12)17/h4,7-8,11H,2-3,5-6,9-10,17H2,1H3,(H,18,20). The van der Waals surface area contributed by atoms with E-state index >= 15 is 0 Å². The third-order valence-electron chi connectivity index (χ3n) is 4.00. The van der Waals surface area contributed by atoms with Gasteiger partial charge in [0.1, 0.15) is 5.82 Å². The highest BCUT2D eigenvalue weighted by molar-refractivity contribution is 5.99. The van der Waals surface area contributed by atoms with Crippen LogP contribution in [0.4, 0.5) is 10.1 Å². The molecule has 2 rings (SSSR count). The lowest BCUT2D eigenvalue weighted by Gasteiger charge is -2.23. The van der Waals surface area contributed by atoms with Gasteiger partial charge in [-0.1, -0.05) is 18.9 Å². The smallest absolute Gasteiger partial charge is 0.253 e. The third-order valence-corrected chi connectivity index (χ3v) is 4.00. The minimum atomic E-state index is -0.555.